The van der Waals surface area contributed by atoms with E-state index in [9.17, 15) is 9.59 Å². The Kier molecular flexibility index (Phi) is 2.84. The number of anilines is 1. The molecule has 0 spiro atoms. The maximum atomic E-state index is 11.6. The van der Waals surface area contributed by atoms with Crippen LogP contribution in [0, 0.1) is 0 Å². The summed E-state index contributed by atoms with van der Waals surface area (Å²) in [7, 11) is 1.48. The van der Waals surface area contributed by atoms with E-state index < -0.39 is 0 Å². The molecule has 0 aromatic heterocycles. The summed E-state index contributed by atoms with van der Waals surface area (Å²) in [6.07, 6.45) is 0. The second-order valence-electron chi connectivity index (χ2n) is 3.46. The lowest BCUT2D eigenvalue weighted by atomic mass is 10.2. The number of nitrogens with one attached hydrogen (secondary N) is 1. The highest BCUT2D eigenvalue weighted by Crippen LogP contribution is 2.31. The number of carbonyl (C=O) groups is 2. The number of hydrogen-bond donors (Lipinski definition) is 2. The van der Waals surface area contributed by atoms with Crippen molar-refractivity contribution in [3.05, 3.63) is 23.8 Å². The van der Waals surface area contributed by atoms with Crippen molar-refractivity contribution in [3.8, 4) is 0 Å². The fraction of sp³-hybridized carbons (Fsp3) is 0.200. The molecule has 3 N–H and O–H groups in total. The smallest absolute Gasteiger partial charge is 0.267 e. The first-order chi connectivity index (χ1) is 7.58. The van der Waals surface area contributed by atoms with Crippen LogP contribution in [0.3, 0.4) is 0 Å². The first-order valence-electron chi connectivity index (χ1n) is 4.67. The van der Waals surface area contributed by atoms with E-state index in [1.165, 1.54) is 18.8 Å². The Labute approximate surface area is 97.0 Å². The quantitative estimate of drug-likeness (QED) is 0.428. The van der Waals surface area contributed by atoms with Crippen LogP contribution in [0.1, 0.15) is 10.4 Å². The third-order valence-corrected chi connectivity index (χ3v) is 3.25. The summed E-state index contributed by atoms with van der Waals surface area (Å²) in [6, 6.07) is 5.16. The van der Waals surface area contributed by atoms with Gasteiger partial charge >= 0.3 is 0 Å². The fourth-order valence-electron chi connectivity index (χ4n) is 1.42. The third-order valence-electron chi connectivity index (χ3n) is 2.18. The molecule has 0 saturated carbocycles. The molecule has 1 aliphatic heterocycles. The zero-order valence-corrected chi connectivity index (χ0v) is 9.50. The number of amides is 2. The average Bonchev–Trinajstić information content (AvgIpc) is 2.26. The number of thioether (sulfide) groups is 1. The number of fused-ring (bicyclic) bond motifs is 1. The maximum absolute atomic E-state index is 11.6. The maximum Gasteiger partial charge on any atom is 0.267 e. The molecule has 2 amide bonds. The van der Waals surface area contributed by atoms with E-state index >= 15 is 0 Å². The van der Waals surface area contributed by atoms with Crippen LogP contribution in [0.25, 0.3) is 0 Å². The average molecular weight is 237 g/mol. The Bertz CT molecular complexity index is 459. The molecule has 0 bridgehead atoms. The van der Waals surface area contributed by atoms with Gasteiger partial charge in [0.15, 0.2) is 0 Å². The number of benzene rings is 1. The molecule has 0 saturated heterocycles. The van der Waals surface area contributed by atoms with Gasteiger partial charge in [0.25, 0.3) is 5.91 Å². The van der Waals surface area contributed by atoms with Crippen molar-refractivity contribution in [1.29, 1.82) is 0 Å². The molecule has 1 aromatic rings. The highest BCUT2D eigenvalue weighted by Gasteiger charge is 2.17. The number of nitrogens with zero attached hydrogens (tertiary/aromatic N) is 1. The molecule has 6 heteroatoms. The van der Waals surface area contributed by atoms with Gasteiger partial charge in [-0.05, 0) is 18.2 Å². The van der Waals surface area contributed by atoms with E-state index in [1.807, 2.05) is 6.07 Å². The Morgan fingerprint density at radius 2 is 2.31 bits per heavy atom. The standard InChI is InChI=1S/C10H11N3O2S/c1-13(11)10(15)6-2-3-8-7(4-6)12-9(14)5-16-8/h2-4H,5,11H2,1H3,(H,12,14). The molecule has 84 valence electrons. The summed E-state index contributed by atoms with van der Waals surface area (Å²) in [4.78, 5) is 23.8. The molecule has 0 radical (unpaired) electrons. The molecule has 1 aromatic carbocycles. The van der Waals surface area contributed by atoms with Crippen LogP contribution in [-0.2, 0) is 4.79 Å². The number of nitrogens with two attached hydrogens (primary N) is 1. The van der Waals surface area contributed by atoms with Gasteiger partial charge in [-0.1, -0.05) is 0 Å². The topological polar surface area (TPSA) is 75.4 Å². The zero-order valence-electron chi connectivity index (χ0n) is 8.69. The van der Waals surface area contributed by atoms with Crippen molar-refractivity contribution in [2.45, 2.75) is 4.90 Å². The normalized spacial score (nSPS) is 14.0. The monoisotopic (exact) mass is 237 g/mol. The van der Waals surface area contributed by atoms with Crippen molar-refractivity contribution in [2.24, 2.45) is 5.84 Å². The zero-order chi connectivity index (χ0) is 11.7. The molecule has 2 rings (SSSR count). The predicted molar refractivity (Wildman–Crippen MR) is 62.1 cm³/mol. The number of carbonyl (C=O) groups excluding carboxylic acids is 2. The van der Waals surface area contributed by atoms with Gasteiger partial charge in [-0.2, -0.15) is 0 Å². The van der Waals surface area contributed by atoms with Crippen LogP contribution in [0.15, 0.2) is 23.1 Å². The fourth-order valence-corrected chi connectivity index (χ4v) is 2.21. The lowest BCUT2D eigenvalue weighted by Crippen LogP contribution is -2.33. The molecule has 0 unspecified atom stereocenters. The second kappa shape index (κ2) is 4.15. The molecule has 0 aliphatic carbocycles. The van der Waals surface area contributed by atoms with E-state index in [0.29, 0.717) is 17.0 Å². The van der Waals surface area contributed by atoms with Crippen LogP contribution in [0.2, 0.25) is 0 Å². The molecule has 5 nitrogen and oxygen atoms in total. The third kappa shape index (κ3) is 2.02. The number of hydrazine groups is 1. The summed E-state index contributed by atoms with van der Waals surface area (Å²) in [6.45, 7) is 0. The number of hydrogen-bond acceptors (Lipinski definition) is 4. The largest absolute Gasteiger partial charge is 0.324 e. The highest BCUT2D eigenvalue weighted by molar-refractivity contribution is 8.00. The lowest BCUT2D eigenvalue weighted by molar-refractivity contribution is -0.113. The van der Waals surface area contributed by atoms with Gasteiger partial charge in [-0.15, -0.1) is 11.8 Å². The van der Waals surface area contributed by atoms with E-state index in [-0.39, 0.29) is 11.8 Å². The van der Waals surface area contributed by atoms with Gasteiger partial charge in [-0.3, -0.25) is 14.6 Å². The van der Waals surface area contributed by atoms with Crippen LogP contribution >= 0.6 is 11.8 Å². The second-order valence-corrected chi connectivity index (χ2v) is 4.48. The minimum absolute atomic E-state index is 0.0526. The van der Waals surface area contributed by atoms with Crippen molar-refractivity contribution in [3.63, 3.8) is 0 Å². The first kappa shape index (κ1) is 11.0. The van der Waals surface area contributed by atoms with Gasteiger partial charge in [0.05, 0.1) is 11.4 Å². The Morgan fingerprint density at radius 1 is 1.56 bits per heavy atom. The number of rotatable bonds is 1. The Balaban J connectivity index is 2.35. The van der Waals surface area contributed by atoms with Crippen LogP contribution in [-0.4, -0.2) is 29.6 Å². The van der Waals surface area contributed by atoms with Crippen LogP contribution in [0.4, 0.5) is 5.69 Å². The SMILES string of the molecule is CN(N)C(=O)c1ccc2c(c1)NC(=O)CS2. The minimum atomic E-state index is -0.285. The summed E-state index contributed by atoms with van der Waals surface area (Å²) < 4.78 is 0. The first-order valence-corrected chi connectivity index (χ1v) is 5.66. The van der Waals surface area contributed by atoms with Gasteiger partial charge in [-0.25, -0.2) is 5.84 Å². The molecule has 16 heavy (non-hydrogen) atoms. The molecular formula is C10H11N3O2S. The van der Waals surface area contributed by atoms with E-state index in [4.69, 9.17) is 5.84 Å². The van der Waals surface area contributed by atoms with Crippen molar-refractivity contribution in [1.82, 2.24) is 5.01 Å². The van der Waals surface area contributed by atoms with Gasteiger partial charge < -0.3 is 5.32 Å². The van der Waals surface area contributed by atoms with Gasteiger partial charge in [0, 0.05) is 17.5 Å². The molecule has 0 atom stereocenters. The molecule has 1 heterocycles. The van der Waals surface area contributed by atoms with Crippen LogP contribution < -0.4 is 11.2 Å². The van der Waals surface area contributed by atoms with Gasteiger partial charge in [0.1, 0.15) is 0 Å². The van der Waals surface area contributed by atoms with E-state index in [1.54, 1.807) is 12.1 Å². The van der Waals surface area contributed by atoms with E-state index in [2.05, 4.69) is 5.32 Å². The van der Waals surface area contributed by atoms with Crippen molar-refractivity contribution >= 4 is 29.3 Å². The lowest BCUT2D eigenvalue weighted by Gasteiger charge is -2.17. The van der Waals surface area contributed by atoms with Crippen molar-refractivity contribution in [2.75, 3.05) is 18.1 Å². The summed E-state index contributed by atoms with van der Waals surface area (Å²) in [5.41, 5.74) is 1.14. The Morgan fingerprint density at radius 3 is 3.00 bits per heavy atom. The summed E-state index contributed by atoms with van der Waals surface area (Å²) >= 11 is 1.46. The summed E-state index contributed by atoms with van der Waals surface area (Å²) in [5, 5.41) is 3.74. The van der Waals surface area contributed by atoms with Gasteiger partial charge in [0.2, 0.25) is 5.91 Å². The van der Waals surface area contributed by atoms with Crippen molar-refractivity contribution < 1.29 is 9.59 Å². The molecule has 1 aliphatic rings. The Hall–Kier alpha value is -1.53. The summed E-state index contributed by atoms with van der Waals surface area (Å²) in [5.74, 6) is 5.44. The minimum Gasteiger partial charge on any atom is -0.324 e. The highest BCUT2D eigenvalue weighted by atomic mass is 32.2. The van der Waals surface area contributed by atoms with Crippen LogP contribution in [0.5, 0.6) is 0 Å². The molecular weight excluding hydrogens is 226 g/mol. The van der Waals surface area contributed by atoms with E-state index in [0.717, 1.165) is 9.90 Å². The predicted octanol–water partition coefficient (Wildman–Crippen LogP) is 0.676. The molecule has 0 fully saturated rings.